The summed E-state index contributed by atoms with van der Waals surface area (Å²) in [6.45, 7) is 7.88. The van der Waals surface area contributed by atoms with Crippen LogP contribution in [-0.4, -0.2) is 96.2 Å². The molecule has 0 unspecified atom stereocenters. The van der Waals surface area contributed by atoms with Crippen LogP contribution in [0.5, 0.6) is 0 Å². The second-order valence-electron chi connectivity index (χ2n) is 10.8. The molecule has 0 bridgehead atoms. The standard InChI is InChI=1S/C26H41N5O4/c1-19(32)29-12-6-22(7-13-29)31-14-8-23-21(18-31)5-3-4-9-26(25(35)27-17-24(34)28-23)10-15-30(16-11-26)20(2)33/h3-4,21-23H,5-18H2,1-2H3,(H,27,35)(H,28,34)/b4-3+/t21-,23+/m0/s1. The number of amides is 4. The van der Waals surface area contributed by atoms with Gasteiger partial charge in [0.25, 0.3) is 0 Å². The quantitative estimate of drug-likeness (QED) is 0.535. The van der Waals surface area contributed by atoms with E-state index in [-0.39, 0.29) is 36.2 Å². The highest BCUT2D eigenvalue weighted by molar-refractivity contribution is 5.88. The van der Waals surface area contributed by atoms with Crippen LogP contribution in [0.15, 0.2) is 12.2 Å². The van der Waals surface area contributed by atoms with Crippen LogP contribution in [-0.2, 0) is 19.2 Å². The van der Waals surface area contributed by atoms with Gasteiger partial charge >= 0.3 is 0 Å². The molecule has 4 aliphatic rings. The fourth-order valence-corrected chi connectivity index (χ4v) is 6.33. The van der Waals surface area contributed by atoms with Crippen molar-refractivity contribution in [1.82, 2.24) is 25.3 Å². The molecule has 0 aromatic heterocycles. The number of hydrogen-bond acceptors (Lipinski definition) is 5. The van der Waals surface area contributed by atoms with E-state index in [1.54, 1.807) is 18.7 Å². The molecule has 4 heterocycles. The van der Waals surface area contributed by atoms with Gasteiger partial charge < -0.3 is 20.4 Å². The summed E-state index contributed by atoms with van der Waals surface area (Å²) in [5, 5.41) is 6.09. The van der Waals surface area contributed by atoms with E-state index in [4.69, 9.17) is 0 Å². The summed E-state index contributed by atoms with van der Waals surface area (Å²) < 4.78 is 0. The van der Waals surface area contributed by atoms with Gasteiger partial charge in [-0.2, -0.15) is 0 Å². The number of nitrogens with zero attached hydrogens (tertiary/aromatic N) is 3. The molecule has 4 rings (SSSR count). The Morgan fingerprint density at radius 2 is 1.57 bits per heavy atom. The Kier molecular flexibility index (Phi) is 8.14. The number of rotatable bonds is 1. The molecule has 9 nitrogen and oxygen atoms in total. The minimum atomic E-state index is -0.565. The molecule has 3 fully saturated rings. The second kappa shape index (κ2) is 11.1. The Morgan fingerprint density at radius 3 is 2.23 bits per heavy atom. The van der Waals surface area contributed by atoms with Crippen LogP contribution in [0.3, 0.4) is 0 Å². The molecular weight excluding hydrogens is 446 g/mol. The van der Waals surface area contributed by atoms with Crippen LogP contribution in [0.4, 0.5) is 0 Å². The molecule has 4 amide bonds. The largest absolute Gasteiger partial charge is 0.351 e. The van der Waals surface area contributed by atoms with E-state index >= 15 is 0 Å². The lowest BCUT2D eigenvalue weighted by atomic mass is 9.74. The number of carbonyl (C=O) groups excluding carboxylic acids is 4. The molecule has 2 atom stereocenters. The minimum Gasteiger partial charge on any atom is -0.351 e. The van der Waals surface area contributed by atoms with E-state index in [1.807, 2.05) is 4.90 Å². The number of fused-ring (bicyclic) bond motifs is 1. The third kappa shape index (κ3) is 6.05. The van der Waals surface area contributed by atoms with E-state index in [9.17, 15) is 19.2 Å². The minimum absolute atomic E-state index is 0.00282. The molecule has 194 valence electrons. The maximum atomic E-state index is 13.1. The van der Waals surface area contributed by atoms with Crippen molar-refractivity contribution >= 4 is 23.6 Å². The smallest absolute Gasteiger partial charge is 0.239 e. The number of hydrogen-bond donors (Lipinski definition) is 2. The zero-order chi connectivity index (χ0) is 25.0. The molecule has 9 heteroatoms. The maximum absolute atomic E-state index is 13.1. The third-order valence-corrected chi connectivity index (χ3v) is 8.71. The number of piperidine rings is 3. The first-order chi connectivity index (χ1) is 16.8. The van der Waals surface area contributed by atoms with E-state index in [2.05, 4.69) is 27.7 Å². The highest BCUT2D eigenvalue weighted by Crippen LogP contribution is 2.36. The number of likely N-dealkylation sites (tertiary alicyclic amines) is 3. The van der Waals surface area contributed by atoms with Gasteiger partial charge in [-0.15, -0.1) is 0 Å². The first kappa shape index (κ1) is 25.7. The second-order valence-corrected chi connectivity index (χ2v) is 10.8. The van der Waals surface area contributed by atoms with Crippen molar-refractivity contribution in [3.63, 3.8) is 0 Å². The highest BCUT2D eigenvalue weighted by atomic mass is 16.2. The van der Waals surface area contributed by atoms with Gasteiger partial charge in [-0.25, -0.2) is 0 Å². The summed E-state index contributed by atoms with van der Waals surface area (Å²) in [5.41, 5.74) is -0.565. The van der Waals surface area contributed by atoms with E-state index in [0.717, 1.165) is 51.9 Å². The molecule has 0 aromatic rings. The topological polar surface area (TPSA) is 102 Å². The van der Waals surface area contributed by atoms with Gasteiger partial charge in [-0.05, 0) is 50.9 Å². The number of allylic oxidation sites excluding steroid dienone is 2. The van der Waals surface area contributed by atoms with Crippen molar-refractivity contribution in [1.29, 1.82) is 0 Å². The molecule has 0 saturated carbocycles. The van der Waals surface area contributed by atoms with E-state index < -0.39 is 5.41 Å². The molecule has 3 saturated heterocycles. The van der Waals surface area contributed by atoms with Crippen LogP contribution in [0.2, 0.25) is 0 Å². The predicted molar refractivity (Wildman–Crippen MR) is 132 cm³/mol. The predicted octanol–water partition coefficient (Wildman–Crippen LogP) is 0.899. The van der Waals surface area contributed by atoms with Gasteiger partial charge in [0, 0.05) is 65.2 Å². The molecular formula is C26H41N5O4. The first-order valence-electron chi connectivity index (χ1n) is 13.3. The lowest BCUT2D eigenvalue weighted by Crippen LogP contribution is -2.57. The molecule has 2 N–H and O–H groups in total. The molecule has 0 radical (unpaired) electrons. The summed E-state index contributed by atoms with van der Waals surface area (Å²) in [7, 11) is 0. The van der Waals surface area contributed by atoms with Crippen LogP contribution < -0.4 is 10.6 Å². The highest BCUT2D eigenvalue weighted by Gasteiger charge is 2.41. The Hall–Kier alpha value is -2.42. The fourth-order valence-electron chi connectivity index (χ4n) is 6.33. The molecule has 4 aliphatic heterocycles. The van der Waals surface area contributed by atoms with E-state index in [1.165, 1.54) is 0 Å². The van der Waals surface area contributed by atoms with Gasteiger partial charge in [0.1, 0.15) is 0 Å². The Morgan fingerprint density at radius 1 is 0.914 bits per heavy atom. The van der Waals surface area contributed by atoms with Crippen molar-refractivity contribution in [2.24, 2.45) is 11.3 Å². The summed E-state index contributed by atoms with van der Waals surface area (Å²) in [6, 6.07) is 0.589. The van der Waals surface area contributed by atoms with Crippen molar-refractivity contribution in [2.75, 3.05) is 45.8 Å². The number of carbonyl (C=O) groups is 4. The molecule has 1 spiro atoms. The molecule has 35 heavy (non-hydrogen) atoms. The van der Waals surface area contributed by atoms with Gasteiger partial charge in [0.05, 0.1) is 12.0 Å². The SMILES string of the molecule is CC(=O)N1CCC(N2CC[C@H]3NC(=O)CNC(=O)C4(C/C=C/C[C@H]3C2)CCN(C(C)=O)CC4)CC1. The van der Waals surface area contributed by atoms with Crippen LogP contribution in [0.1, 0.15) is 58.8 Å². The Balaban J connectivity index is 1.41. The zero-order valence-corrected chi connectivity index (χ0v) is 21.3. The summed E-state index contributed by atoms with van der Waals surface area (Å²) in [4.78, 5) is 55.6. The average molecular weight is 488 g/mol. The van der Waals surface area contributed by atoms with Crippen molar-refractivity contribution in [3.05, 3.63) is 12.2 Å². The van der Waals surface area contributed by atoms with Crippen molar-refractivity contribution in [2.45, 2.75) is 70.9 Å². The Bertz CT molecular complexity index is 843. The lowest BCUT2D eigenvalue weighted by molar-refractivity contribution is -0.140. The zero-order valence-electron chi connectivity index (χ0n) is 21.3. The van der Waals surface area contributed by atoms with Gasteiger partial charge in [0.2, 0.25) is 23.6 Å². The summed E-state index contributed by atoms with van der Waals surface area (Å²) in [5.74, 6) is 0.316. The first-order valence-corrected chi connectivity index (χ1v) is 13.3. The molecule has 0 aromatic carbocycles. The van der Waals surface area contributed by atoms with Crippen molar-refractivity contribution in [3.8, 4) is 0 Å². The summed E-state index contributed by atoms with van der Waals surface area (Å²) >= 11 is 0. The fraction of sp³-hybridized carbons (Fsp3) is 0.769. The third-order valence-electron chi connectivity index (χ3n) is 8.71. The van der Waals surface area contributed by atoms with Crippen LogP contribution >= 0.6 is 0 Å². The Labute approximate surface area is 208 Å². The van der Waals surface area contributed by atoms with E-state index in [0.29, 0.717) is 44.3 Å². The monoisotopic (exact) mass is 487 g/mol. The lowest BCUT2D eigenvalue weighted by Gasteiger charge is -2.45. The molecule has 0 aliphatic carbocycles. The maximum Gasteiger partial charge on any atom is 0.239 e. The van der Waals surface area contributed by atoms with Gasteiger partial charge in [-0.1, -0.05) is 12.2 Å². The van der Waals surface area contributed by atoms with Crippen LogP contribution in [0.25, 0.3) is 0 Å². The average Bonchev–Trinajstić information content (AvgIpc) is 2.85. The van der Waals surface area contributed by atoms with Gasteiger partial charge in [-0.3, -0.25) is 24.1 Å². The van der Waals surface area contributed by atoms with Crippen LogP contribution in [0, 0.1) is 11.3 Å². The van der Waals surface area contributed by atoms with Crippen molar-refractivity contribution < 1.29 is 19.2 Å². The normalized spacial score (nSPS) is 29.9. The number of nitrogens with one attached hydrogen (secondary N) is 2. The van der Waals surface area contributed by atoms with Gasteiger partial charge in [0.15, 0.2) is 0 Å². The summed E-state index contributed by atoms with van der Waals surface area (Å²) in [6.07, 6.45) is 9.98.